The molecule has 0 saturated carbocycles. The molecule has 8 nitrogen and oxygen atoms in total. The summed E-state index contributed by atoms with van der Waals surface area (Å²) in [7, 11) is 0. The Labute approximate surface area is 243 Å². The normalized spacial score (nSPS) is 19.9. The first-order valence-electron chi connectivity index (χ1n) is 13.1. The summed E-state index contributed by atoms with van der Waals surface area (Å²) in [5, 5.41) is 0. The number of carbonyl (C=O) groups excluding carboxylic acids is 3. The molecule has 3 heterocycles. The number of fused-ring (bicyclic) bond motifs is 1. The van der Waals surface area contributed by atoms with Crippen molar-refractivity contribution < 1.29 is 32.4 Å². The third-order valence-corrected chi connectivity index (χ3v) is 8.01. The molecule has 2 amide bonds. The lowest BCUT2D eigenvalue weighted by Crippen LogP contribution is -2.61. The number of hydrogen-bond acceptors (Lipinski definition) is 6. The maximum atomic E-state index is 14.0. The Morgan fingerprint density at radius 3 is 2.29 bits per heavy atom. The Morgan fingerprint density at radius 2 is 1.63 bits per heavy atom. The fraction of sp³-hybridized carbons (Fsp3) is 0.310. The van der Waals surface area contributed by atoms with Gasteiger partial charge in [-0.2, -0.15) is 13.2 Å². The highest BCUT2D eigenvalue weighted by molar-refractivity contribution is 9.10. The molecule has 0 N–H and O–H groups in total. The molecule has 2 aliphatic heterocycles. The molecule has 1 fully saturated rings. The molecule has 2 aromatic carbocycles. The lowest BCUT2D eigenvalue weighted by Gasteiger charge is -2.38. The molecular formula is C29H27BrF3N4O4+. The van der Waals surface area contributed by atoms with Crippen LogP contribution in [0.2, 0.25) is 0 Å². The van der Waals surface area contributed by atoms with Crippen LogP contribution < -0.4 is 9.55 Å². The van der Waals surface area contributed by atoms with Crippen molar-refractivity contribution in [1.29, 1.82) is 0 Å². The Hall–Kier alpha value is -3.77. The highest BCUT2D eigenvalue weighted by Gasteiger charge is 2.55. The van der Waals surface area contributed by atoms with Crippen molar-refractivity contribution in [1.82, 2.24) is 14.5 Å². The zero-order chi connectivity index (χ0) is 29.2. The van der Waals surface area contributed by atoms with Crippen LogP contribution in [-0.2, 0) is 21.0 Å². The predicted octanol–water partition coefficient (Wildman–Crippen LogP) is 5.27. The van der Waals surface area contributed by atoms with Gasteiger partial charge in [0.2, 0.25) is 0 Å². The standard InChI is InChI=1S/C29H27BrF3N4O4/c30-23-7-5-21(6-8-23)27(39)36-17-22-3-1-2-4-25(22)37(26(38)18-36,41-28(40)29(31,32)33)19-20-11-15-35(16-12-20)24-9-13-34-14-10-24/h1-10,13-14,20H,11-12,15-19H2/q+1. The minimum absolute atomic E-state index is 0.0408. The van der Waals surface area contributed by atoms with Gasteiger partial charge in [-0.3, -0.25) is 14.6 Å². The average Bonchev–Trinajstić information content (AvgIpc) is 3.08. The number of piperidine rings is 1. The number of hydrogen-bond donors (Lipinski definition) is 0. The monoisotopic (exact) mass is 631 g/mol. The van der Waals surface area contributed by atoms with E-state index in [1.54, 1.807) is 54.9 Å². The number of pyridine rings is 1. The van der Waals surface area contributed by atoms with Crippen LogP contribution in [0.4, 0.5) is 24.5 Å². The van der Waals surface area contributed by atoms with E-state index in [0.29, 0.717) is 37.1 Å². The molecule has 0 radical (unpaired) electrons. The number of nitrogens with zero attached hydrogens (tertiary/aromatic N) is 4. The van der Waals surface area contributed by atoms with Gasteiger partial charge in [0.25, 0.3) is 5.91 Å². The first-order chi connectivity index (χ1) is 19.6. The topological polar surface area (TPSA) is 79.8 Å². The third-order valence-electron chi connectivity index (χ3n) is 7.48. The number of rotatable bonds is 5. The lowest BCUT2D eigenvalue weighted by atomic mass is 9.95. The number of aromatic nitrogens is 1. The number of benzene rings is 2. The van der Waals surface area contributed by atoms with Gasteiger partial charge in [0.05, 0.1) is 6.54 Å². The summed E-state index contributed by atoms with van der Waals surface area (Å²) < 4.78 is 40.2. The molecule has 3 aromatic rings. The van der Waals surface area contributed by atoms with Crippen molar-refractivity contribution in [3.05, 3.63) is 88.7 Å². The lowest BCUT2D eigenvalue weighted by molar-refractivity contribution is -0.235. The van der Waals surface area contributed by atoms with Crippen LogP contribution in [0.15, 0.2) is 77.5 Å². The van der Waals surface area contributed by atoms with Crippen LogP contribution in [0, 0.1) is 5.92 Å². The maximum absolute atomic E-state index is 14.0. The SMILES string of the molecule is O=C(c1ccc(Br)cc1)N1CC(=O)[N+](CC2CCN(c3ccncc3)CC2)(OC(=O)C(F)(F)F)c2ccccc2C1. The predicted molar refractivity (Wildman–Crippen MR) is 148 cm³/mol. The second-order valence-electron chi connectivity index (χ2n) is 10.1. The maximum Gasteiger partial charge on any atom is 0.497 e. The number of hydroxylamine groups is 2. The van der Waals surface area contributed by atoms with Crippen LogP contribution in [0.25, 0.3) is 0 Å². The Bertz CT molecular complexity index is 1430. The summed E-state index contributed by atoms with van der Waals surface area (Å²) in [5.74, 6) is -3.98. The van der Waals surface area contributed by atoms with Crippen LogP contribution in [-0.4, -0.2) is 60.0 Å². The van der Waals surface area contributed by atoms with Crippen molar-refractivity contribution >= 4 is 45.1 Å². The van der Waals surface area contributed by atoms with E-state index in [1.807, 2.05) is 12.1 Å². The van der Waals surface area contributed by atoms with E-state index in [0.717, 1.165) is 10.2 Å². The quantitative estimate of drug-likeness (QED) is 0.357. The van der Waals surface area contributed by atoms with E-state index in [-0.39, 0.29) is 24.7 Å². The molecule has 1 atom stereocenters. The molecule has 214 valence electrons. The summed E-state index contributed by atoms with van der Waals surface area (Å²) in [6.07, 6.45) is -0.825. The van der Waals surface area contributed by atoms with Crippen molar-refractivity contribution in [2.24, 2.45) is 5.92 Å². The smallest absolute Gasteiger partial charge is 0.371 e. The molecule has 12 heteroatoms. The van der Waals surface area contributed by atoms with E-state index in [2.05, 4.69) is 25.8 Å². The Kier molecular flexibility index (Phi) is 8.14. The summed E-state index contributed by atoms with van der Waals surface area (Å²) >= 11 is 3.32. The molecule has 1 saturated heterocycles. The van der Waals surface area contributed by atoms with Crippen molar-refractivity contribution in [3.63, 3.8) is 0 Å². The molecular weight excluding hydrogens is 605 g/mol. The largest absolute Gasteiger partial charge is 0.497 e. The van der Waals surface area contributed by atoms with Gasteiger partial charge in [0.1, 0.15) is 13.1 Å². The highest BCUT2D eigenvalue weighted by atomic mass is 79.9. The number of para-hydroxylation sites is 1. The minimum atomic E-state index is -5.32. The van der Waals surface area contributed by atoms with Gasteiger partial charge in [-0.25, -0.2) is 9.59 Å². The third kappa shape index (κ3) is 6.13. The Morgan fingerprint density at radius 1 is 0.976 bits per heavy atom. The fourth-order valence-corrected chi connectivity index (χ4v) is 5.68. The number of alkyl halides is 3. The molecule has 5 rings (SSSR count). The molecule has 0 spiro atoms. The van der Waals surface area contributed by atoms with Crippen LogP contribution in [0.5, 0.6) is 0 Å². The van der Waals surface area contributed by atoms with Crippen LogP contribution in [0.3, 0.4) is 0 Å². The zero-order valence-corrected chi connectivity index (χ0v) is 23.5. The van der Waals surface area contributed by atoms with Gasteiger partial charge in [-0.15, -0.1) is 0 Å². The van der Waals surface area contributed by atoms with E-state index in [4.69, 9.17) is 4.84 Å². The Balaban J connectivity index is 1.49. The average molecular weight is 632 g/mol. The summed E-state index contributed by atoms with van der Waals surface area (Å²) in [4.78, 5) is 52.4. The summed E-state index contributed by atoms with van der Waals surface area (Å²) in [6, 6.07) is 16.7. The number of amides is 2. The van der Waals surface area contributed by atoms with Gasteiger partial charge >= 0.3 is 18.1 Å². The van der Waals surface area contributed by atoms with E-state index < -0.39 is 35.2 Å². The molecule has 1 aromatic heterocycles. The van der Waals surface area contributed by atoms with E-state index >= 15 is 0 Å². The van der Waals surface area contributed by atoms with Gasteiger partial charge in [-0.05, 0) is 53.9 Å². The second kappa shape index (κ2) is 11.6. The van der Waals surface area contributed by atoms with Gasteiger partial charge in [0, 0.05) is 58.8 Å². The second-order valence-corrected chi connectivity index (χ2v) is 11.0. The number of anilines is 1. The van der Waals surface area contributed by atoms with Gasteiger partial charge < -0.3 is 9.80 Å². The molecule has 1 unspecified atom stereocenters. The first-order valence-corrected chi connectivity index (χ1v) is 13.9. The summed E-state index contributed by atoms with van der Waals surface area (Å²) in [6.45, 7) is 0.450. The molecule has 2 aliphatic rings. The number of halogens is 4. The van der Waals surface area contributed by atoms with Crippen LogP contribution >= 0.6 is 15.9 Å². The number of carbonyl (C=O) groups is 3. The van der Waals surface area contributed by atoms with Crippen molar-refractivity contribution in [3.8, 4) is 0 Å². The van der Waals surface area contributed by atoms with Gasteiger partial charge in [-0.1, -0.05) is 34.1 Å². The van der Waals surface area contributed by atoms with Crippen LogP contribution in [0.1, 0.15) is 28.8 Å². The fourth-order valence-electron chi connectivity index (χ4n) is 5.41. The van der Waals surface area contributed by atoms with Gasteiger partial charge in [0.15, 0.2) is 5.69 Å². The minimum Gasteiger partial charge on any atom is -0.371 e. The van der Waals surface area contributed by atoms with Crippen molar-refractivity contribution in [2.45, 2.75) is 25.6 Å². The van der Waals surface area contributed by atoms with E-state index in [1.165, 1.54) is 11.0 Å². The first kappa shape index (κ1) is 28.7. The molecule has 0 aliphatic carbocycles. The number of quaternary nitrogens is 1. The van der Waals surface area contributed by atoms with Crippen molar-refractivity contribution in [2.75, 3.05) is 31.1 Å². The zero-order valence-electron chi connectivity index (χ0n) is 21.9. The molecule has 0 bridgehead atoms. The molecule has 41 heavy (non-hydrogen) atoms. The van der Waals surface area contributed by atoms with E-state index in [9.17, 15) is 27.6 Å². The highest BCUT2D eigenvalue weighted by Crippen LogP contribution is 2.38. The summed E-state index contributed by atoms with van der Waals surface area (Å²) in [5.41, 5.74) is 1.84.